The highest BCUT2D eigenvalue weighted by Crippen LogP contribution is 2.33. The number of benzene rings is 1. The average Bonchev–Trinajstić information content (AvgIpc) is 3.35. The quantitative estimate of drug-likeness (QED) is 0.538. The molecule has 8 nitrogen and oxygen atoms in total. The van der Waals surface area contributed by atoms with Gasteiger partial charge in [-0.05, 0) is 25.1 Å². The van der Waals surface area contributed by atoms with E-state index in [0.717, 1.165) is 11.3 Å². The first-order chi connectivity index (χ1) is 14.7. The number of nitrogens with one attached hydrogen (secondary N) is 1. The number of aryl methyl sites for hydroxylation is 1. The van der Waals surface area contributed by atoms with E-state index >= 15 is 0 Å². The summed E-state index contributed by atoms with van der Waals surface area (Å²) in [7, 11) is -3.72. The zero-order valence-electron chi connectivity index (χ0n) is 17.0. The topological polar surface area (TPSA) is 97.2 Å². The SMILES string of the molecule is CCN(CC)S(=O)(=O)c1cccc(C(=O)Nc2nc(C)c(-c3nccn3C(F)F)s2)c1. The molecule has 2 heterocycles. The van der Waals surface area contributed by atoms with Crippen LogP contribution in [0, 0.1) is 6.92 Å². The number of rotatable bonds is 8. The lowest BCUT2D eigenvalue weighted by Gasteiger charge is -2.18. The fraction of sp³-hybridized carbons (Fsp3) is 0.316. The largest absolute Gasteiger partial charge is 0.320 e. The number of amides is 1. The van der Waals surface area contributed by atoms with Crippen molar-refractivity contribution in [2.45, 2.75) is 32.2 Å². The Morgan fingerprint density at radius 3 is 2.65 bits per heavy atom. The molecular weight excluding hydrogens is 448 g/mol. The van der Waals surface area contributed by atoms with Crippen LogP contribution in [0.5, 0.6) is 0 Å². The maximum atomic E-state index is 13.1. The molecular formula is C19H21F2N5O3S2. The summed E-state index contributed by atoms with van der Waals surface area (Å²) < 4.78 is 53.7. The lowest BCUT2D eigenvalue weighted by atomic mass is 10.2. The summed E-state index contributed by atoms with van der Waals surface area (Å²) in [5.41, 5.74) is 0.572. The zero-order valence-corrected chi connectivity index (χ0v) is 18.7. The van der Waals surface area contributed by atoms with Crippen LogP contribution in [-0.2, 0) is 10.0 Å². The van der Waals surface area contributed by atoms with Gasteiger partial charge in [0.05, 0.1) is 15.5 Å². The van der Waals surface area contributed by atoms with Crippen LogP contribution in [0.15, 0.2) is 41.6 Å². The van der Waals surface area contributed by atoms with Gasteiger partial charge in [-0.1, -0.05) is 31.3 Å². The third kappa shape index (κ3) is 4.65. The van der Waals surface area contributed by atoms with Gasteiger partial charge < -0.3 is 0 Å². The second kappa shape index (κ2) is 9.20. The molecule has 0 aliphatic carbocycles. The standard InChI is InChI=1S/C19H21F2N5O3S2/c1-4-25(5-2)31(28,29)14-8-6-7-13(11-14)17(27)24-19-23-12(3)15(30-19)16-22-9-10-26(16)18(20)21/h6-11,18H,4-5H2,1-3H3,(H,23,24,27). The number of carbonyl (C=O) groups is 1. The number of thiazole rings is 1. The summed E-state index contributed by atoms with van der Waals surface area (Å²) in [5, 5.41) is 2.79. The lowest BCUT2D eigenvalue weighted by Crippen LogP contribution is -2.30. The van der Waals surface area contributed by atoms with Crippen molar-refractivity contribution in [3.05, 3.63) is 47.9 Å². The van der Waals surface area contributed by atoms with Crippen molar-refractivity contribution in [1.82, 2.24) is 18.8 Å². The molecule has 0 spiro atoms. The third-order valence-corrected chi connectivity index (χ3v) is 7.65. The van der Waals surface area contributed by atoms with Crippen LogP contribution in [0.2, 0.25) is 0 Å². The number of alkyl halides is 2. The molecule has 2 aromatic heterocycles. The highest BCUT2D eigenvalue weighted by molar-refractivity contribution is 7.89. The minimum atomic E-state index is -3.72. The Labute approximate surface area is 182 Å². The summed E-state index contributed by atoms with van der Waals surface area (Å²) in [5.74, 6) is -0.507. The molecule has 0 saturated carbocycles. The summed E-state index contributed by atoms with van der Waals surface area (Å²) in [6.45, 7) is 2.96. The molecule has 1 aromatic carbocycles. The molecule has 1 N–H and O–H groups in total. The molecule has 0 unspecified atom stereocenters. The van der Waals surface area contributed by atoms with E-state index in [1.165, 1.54) is 41.0 Å². The number of anilines is 1. The number of hydrogen-bond acceptors (Lipinski definition) is 6. The van der Waals surface area contributed by atoms with Crippen molar-refractivity contribution in [2.24, 2.45) is 0 Å². The minimum absolute atomic E-state index is 0.0128. The van der Waals surface area contributed by atoms with E-state index in [1.54, 1.807) is 20.8 Å². The molecule has 12 heteroatoms. The predicted molar refractivity (Wildman–Crippen MR) is 114 cm³/mol. The Hall–Kier alpha value is -2.70. The summed E-state index contributed by atoms with van der Waals surface area (Å²) in [6.07, 6.45) is 2.43. The molecule has 0 aliphatic heterocycles. The first-order valence-electron chi connectivity index (χ1n) is 9.39. The van der Waals surface area contributed by atoms with Crippen LogP contribution >= 0.6 is 11.3 Å². The summed E-state index contributed by atoms with van der Waals surface area (Å²) in [4.78, 5) is 21.3. The van der Waals surface area contributed by atoms with E-state index in [0.29, 0.717) is 28.2 Å². The normalized spacial score (nSPS) is 12.0. The second-order valence-corrected chi connectivity index (χ2v) is 9.38. The van der Waals surface area contributed by atoms with Gasteiger partial charge in [-0.25, -0.2) is 18.4 Å². The lowest BCUT2D eigenvalue weighted by molar-refractivity contribution is 0.0720. The number of sulfonamides is 1. The summed E-state index contributed by atoms with van der Waals surface area (Å²) >= 11 is 1.01. The third-order valence-electron chi connectivity index (χ3n) is 4.54. The maximum absolute atomic E-state index is 13.1. The second-order valence-electron chi connectivity index (χ2n) is 6.44. The van der Waals surface area contributed by atoms with E-state index < -0.39 is 22.5 Å². The van der Waals surface area contributed by atoms with E-state index in [1.807, 2.05) is 0 Å². The molecule has 0 saturated heterocycles. The van der Waals surface area contributed by atoms with Gasteiger partial charge >= 0.3 is 6.55 Å². The molecule has 0 radical (unpaired) electrons. The summed E-state index contributed by atoms with van der Waals surface area (Å²) in [6, 6.07) is 5.71. The molecule has 0 atom stereocenters. The Balaban J connectivity index is 1.86. The number of nitrogens with zero attached hydrogens (tertiary/aromatic N) is 4. The first kappa shape index (κ1) is 23.0. The highest BCUT2D eigenvalue weighted by atomic mass is 32.2. The Kier molecular flexibility index (Phi) is 6.82. The molecule has 3 rings (SSSR count). The van der Waals surface area contributed by atoms with Crippen molar-refractivity contribution in [2.75, 3.05) is 18.4 Å². The monoisotopic (exact) mass is 469 g/mol. The number of imidazole rings is 1. The van der Waals surface area contributed by atoms with Gasteiger partial charge in [-0.3, -0.25) is 14.7 Å². The van der Waals surface area contributed by atoms with Crippen LogP contribution < -0.4 is 5.32 Å². The van der Waals surface area contributed by atoms with E-state index in [-0.39, 0.29) is 21.4 Å². The fourth-order valence-corrected chi connectivity index (χ4v) is 5.45. The maximum Gasteiger partial charge on any atom is 0.320 e. The van der Waals surface area contributed by atoms with Crippen LogP contribution in [0.1, 0.15) is 36.4 Å². The average molecular weight is 470 g/mol. The predicted octanol–water partition coefficient (Wildman–Crippen LogP) is 3.99. The Bertz CT molecular complexity index is 1190. The van der Waals surface area contributed by atoms with Gasteiger partial charge in [0.15, 0.2) is 11.0 Å². The first-order valence-corrected chi connectivity index (χ1v) is 11.6. The highest BCUT2D eigenvalue weighted by Gasteiger charge is 2.23. The molecule has 3 aromatic rings. The van der Waals surface area contributed by atoms with Crippen molar-refractivity contribution in [1.29, 1.82) is 0 Å². The Morgan fingerprint density at radius 1 is 1.29 bits per heavy atom. The molecule has 0 fully saturated rings. The van der Waals surface area contributed by atoms with Crippen LogP contribution in [-0.4, -0.2) is 46.3 Å². The van der Waals surface area contributed by atoms with Crippen molar-refractivity contribution < 1.29 is 22.0 Å². The van der Waals surface area contributed by atoms with Gasteiger partial charge in [-0.15, -0.1) is 0 Å². The number of hydrogen-bond donors (Lipinski definition) is 1. The fourth-order valence-electron chi connectivity index (χ4n) is 2.98. The van der Waals surface area contributed by atoms with Gasteiger partial charge in [0.1, 0.15) is 0 Å². The zero-order chi connectivity index (χ0) is 22.8. The van der Waals surface area contributed by atoms with Crippen LogP contribution in [0.3, 0.4) is 0 Å². The number of aromatic nitrogens is 3. The molecule has 166 valence electrons. The van der Waals surface area contributed by atoms with Crippen molar-refractivity contribution >= 4 is 32.4 Å². The Morgan fingerprint density at radius 2 is 2.00 bits per heavy atom. The molecule has 31 heavy (non-hydrogen) atoms. The smallest absolute Gasteiger partial charge is 0.298 e. The number of halogens is 2. The van der Waals surface area contributed by atoms with Gasteiger partial charge in [-0.2, -0.15) is 13.1 Å². The van der Waals surface area contributed by atoms with Gasteiger partial charge in [0, 0.05) is 31.0 Å². The van der Waals surface area contributed by atoms with E-state index in [2.05, 4.69) is 15.3 Å². The van der Waals surface area contributed by atoms with Crippen LogP contribution in [0.25, 0.3) is 10.7 Å². The number of carbonyl (C=O) groups excluding carboxylic acids is 1. The van der Waals surface area contributed by atoms with Gasteiger partial charge in [0.2, 0.25) is 10.0 Å². The van der Waals surface area contributed by atoms with Crippen molar-refractivity contribution in [3.8, 4) is 10.7 Å². The van der Waals surface area contributed by atoms with Crippen molar-refractivity contribution in [3.63, 3.8) is 0 Å². The van der Waals surface area contributed by atoms with Gasteiger partial charge in [0.25, 0.3) is 5.91 Å². The minimum Gasteiger partial charge on any atom is -0.298 e. The molecule has 0 aliphatic rings. The van der Waals surface area contributed by atoms with E-state index in [9.17, 15) is 22.0 Å². The molecule has 0 bridgehead atoms. The van der Waals surface area contributed by atoms with Crippen LogP contribution in [0.4, 0.5) is 13.9 Å². The molecule has 1 amide bonds. The van der Waals surface area contributed by atoms with E-state index in [4.69, 9.17) is 0 Å².